The average molecular weight is 264 g/mol. The zero-order chi connectivity index (χ0) is 13.8. The highest BCUT2D eigenvalue weighted by atomic mass is 16.5. The number of nitrogens with one attached hydrogen (secondary N) is 1. The van der Waals surface area contributed by atoms with Crippen LogP contribution >= 0.6 is 0 Å². The van der Waals surface area contributed by atoms with Crippen LogP contribution in [0.1, 0.15) is 17.5 Å². The molecule has 0 heterocycles. The first-order valence-electron chi connectivity index (χ1n) is 6.41. The second-order valence-electron chi connectivity index (χ2n) is 4.69. The number of hydrogen-bond donors (Lipinski definition) is 2. The molecule has 0 saturated carbocycles. The summed E-state index contributed by atoms with van der Waals surface area (Å²) in [6.45, 7) is 0.0370. The highest BCUT2D eigenvalue weighted by molar-refractivity contribution is 5.78. The largest absolute Gasteiger partial charge is 0.493 e. The van der Waals surface area contributed by atoms with Gasteiger partial charge in [-0.05, 0) is 42.5 Å². The monoisotopic (exact) mass is 264 g/mol. The van der Waals surface area contributed by atoms with Crippen molar-refractivity contribution in [1.29, 1.82) is 0 Å². The van der Waals surface area contributed by atoms with Crippen LogP contribution in [-0.4, -0.2) is 32.7 Å². The van der Waals surface area contributed by atoms with Crippen LogP contribution in [-0.2, 0) is 17.6 Å². The molecule has 0 spiro atoms. The van der Waals surface area contributed by atoms with Crippen LogP contribution in [0.4, 0.5) is 0 Å². The topological polar surface area (TPSA) is 73.6 Å². The molecule has 104 valence electrons. The molecule has 5 heteroatoms. The quantitative estimate of drug-likeness (QED) is 0.837. The van der Waals surface area contributed by atoms with Crippen molar-refractivity contribution in [3.8, 4) is 11.5 Å². The van der Waals surface area contributed by atoms with E-state index in [1.165, 1.54) is 11.1 Å². The van der Waals surface area contributed by atoms with Crippen LogP contribution in [0.15, 0.2) is 12.1 Å². The van der Waals surface area contributed by atoms with E-state index in [-0.39, 0.29) is 18.5 Å². The van der Waals surface area contributed by atoms with Gasteiger partial charge in [-0.25, -0.2) is 0 Å². The van der Waals surface area contributed by atoms with E-state index in [0.29, 0.717) is 0 Å². The first-order chi connectivity index (χ1) is 9.17. The Morgan fingerprint density at radius 1 is 1.32 bits per heavy atom. The molecule has 3 N–H and O–H groups in total. The third-order valence-electron chi connectivity index (χ3n) is 3.48. The van der Waals surface area contributed by atoms with Crippen molar-refractivity contribution < 1.29 is 14.3 Å². The van der Waals surface area contributed by atoms with E-state index < -0.39 is 0 Å². The maximum Gasteiger partial charge on any atom is 0.233 e. The Kier molecular flexibility index (Phi) is 4.27. The molecule has 1 atom stereocenters. The predicted octanol–water partition coefficient (Wildman–Crippen LogP) is 0.636. The molecule has 1 aromatic carbocycles. The molecule has 2 rings (SSSR count). The molecule has 5 nitrogen and oxygen atoms in total. The first-order valence-corrected chi connectivity index (χ1v) is 6.41. The Morgan fingerprint density at radius 3 is 2.53 bits per heavy atom. The number of amides is 1. The van der Waals surface area contributed by atoms with Crippen LogP contribution in [0.5, 0.6) is 11.5 Å². The van der Waals surface area contributed by atoms with E-state index in [1.807, 2.05) is 12.1 Å². The third kappa shape index (κ3) is 2.98. The van der Waals surface area contributed by atoms with Gasteiger partial charge in [0.15, 0.2) is 11.5 Å². The number of methoxy groups -OCH3 is 2. The third-order valence-corrected chi connectivity index (χ3v) is 3.48. The molecule has 1 aromatic rings. The van der Waals surface area contributed by atoms with Gasteiger partial charge in [0.25, 0.3) is 0 Å². The van der Waals surface area contributed by atoms with Crippen molar-refractivity contribution in [2.45, 2.75) is 25.3 Å². The van der Waals surface area contributed by atoms with Crippen LogP contribution < -0.4 is 20.5 Å². The molecular weight excluding hydrogens is 244 g/mol. The van der Waals surface area contributed by atoms with Crippen molar-refractivity contribution in [3.63, 3.8) is 0 Å². The van der Waals surface area contributed by atoms with Crippen LogP contribution in [0.2, 0.25) is 0 Å². The number of hydrogen-bond acceptors (Lipinski definition) is 4. The number of nitrogens with two attached hydrogens (primary N) is 1. The van der Waals surface area contributed by atoms with E-state index in [9.17, 15) is 4.79 Å². The van der Waals surface area contributed by atoms with E-state index in [2.05, 4.69) is 5.32 Å². The molecule has 1 aliphatic carbocycles. The van der Waals surface area contributed by atoms with Crippen molar-refractivity contribution in [2.75, 3.05) is 20.8 Å². The van der Waals surface area contributed by atoms with E-state index in [4.69, 9.17) is 15.2 Å². The molecule has 0 aromatic heterocycles. The Labute approximate surface area is 113 Å². The fraction of sp³-hybridized carbons (Fsp3) is 0.500. The standard InChI is InChI=1S/C14H20N2O3/c1-18-12-6-9-3-4-11(16-14(17)8-15)5-10(9)7-13(12)19-2/h6-7,11H,3-5,8,15H2,1-2H3,(H,16,17). The summed E-state index contributed by atoms with van der Waals surface area (Å²) in [5.74, 6) is 1.38. The summed E-state index contributed by atoms with van der Waals surface area (Å²) in [5, 5.41) is 2.94. The fourth-order valence-electron chi connectivity index (χ4n) is 2.49. The first kappa shape index (κ1) is 13.7. The summed E-state index contributed by atoms with van der Waals surface area (Å²) >= 11 is 0. The molecule has 0 saturated heterocycles. The summed E-state index contributed by atoms with van der Waals surface area (Å²) < 4.78 is 10.6. The van der Waals surface area contributed by atoms with Gasteiger partial charge in [0.1, 0.15) is 0 Å². The van der Waals surface area contributed by atoms with Gasteiger partial charge in [-0.15, -0.1) is 0 Å². The highest BCUT2D eigenvalue weighted by Crippen LogP contribution is 2.34. The van der Waals surface area contributed by atoms with E-state index in [1.54, 1.807) is 14.2 Å². The maximum atomic E-state index is 11.3. The minimum Gasteiger partial charge on any atom is -0.493 e. The summed E-state index contributed by atoms with van der Waals surface area (Å²) in [6, 6.07) is 4.17. The van der Waals surface area contributed by atoms with Gasteiger partial charge in [-0.1, -0.05) is 0 Å². The molecule has 0 radical (unpaired) electrons. The van der Waals surface area contributed by atoms with Gasteiger partial charge in [-0.3, -0.25) is 4.79 Å². The highest BCUT2D eigenvalue weighted by Gasteiger charge is 2.22. The van der Waals surface area contributed by atoms with Gasteiger partial charge in [-0.2, -0.15) is 0 Å². The fourth-order valence-corrected chi connectivity index (χ4v) is 2.49. The second-order valence-corrected chi connectivity index (χ2v) is 4.69. The molecule has 19 heavy (non-hydrogen) atoms. The average Bonchev–Trinajstić information content (AvgIpc) is 2.45. The smallest absolute Gasteiger partial charge is 0.233 e. The molecule has 1 aliphatic rings. The molecule has 1 amide bonds. The lowest BCUT2D eigenvalue weighted by atomic mass is 9.88. The molecule has 0 bridgehead atoms. The summed E-state index contributed by atoms with van der Waals surface area (Å²) in [5.41, 5.74) is 7.78. The van der Waals surface area contributed by atoms with Crippen LogP contribution in [0, 0.1) is 0 Å². The minimum absolute atomic E-state index is 0.0370. The maximum absolute atomic E-state index is 11.3. The summed E-state index contributed by atoms with van der Waals surface area (Å²) in [6.07, 6.45) is 2.65. The number of fused-ring (bicyclic) bond motifs is 1. The molecular formula is C14H20N2O3. The van der Waals surface area contributed by atoms with Gasteiger partial charge < -0.3 is 20.5 Å². The van der Waals surface area contributed by atoms with Crippen molar-refractivity contribution >= 4 is 5.91 Å². The Bertz CT molecular complexity index is 474. The van der Waals surface area contributed by atoms with E-state index >= 15 is 0 Å². The molecule has 0 aliphatic heterocycles. The van der Waals surface area contributed by atoms with Crippen molar-refractivity contribution in [3.05, 3.63) is 23.3 Å². The zero-order valence-electron chi connectivity index (χ0n) is 11.4. The second kappa shape index (κ2) is 5.93. The zero-order valence-corrected chi connectivity index (χ0v) is 11.4. The Hall–Kier alpha value is -1.75. The number of rotatable bonds is 4. The van der Waals surface area contributed by atoms with Gasteiger partial charge in [0.05, 0.1) is 20.8 Å². The van der Waals surface area contributed by atoms with Gasteiger partial charge in [0, 0.05) is 6.04 Å². The number of aryl methyl sites for hydroxylation is 1. The lowest BCUT2D eigenvalue weighted by molar-refractivity contribution is -0.120. The minimum atomic E-state index is -0.103. The predicted molar refractivity (Wildman–Crippen MR) is 72.6 cm³/mol. The molecule has 1 unspecified atom stereocenters. The SMILES string of the molecule is COc1cc2c(cc1OC)CC(NC(=O)CN)CC2. The van der Waals surface area contributed by atoms with E-state index in [0.717, 1.165) is 30.8 Å². The normalized spacial score (nSPS) is 17.5. The molecule has 0 fully saturated rings. The van der Waals surface area contributed by atoms with Crippen molar-refractivity contribution in [1.82, 2.24) is 5.32 Å². The van der Waals surface area contributed by atoms with Gasteiger partial charge in [0.2, 0.25) is 5.91 Å². The lowest BCUT2D eigenvalue weighted by Crippen LogP contribution is -2.41. The summed E-state index contributed by atoms with van der Waals surface area (Å²) in [4.78, 5) is 11.3. The number of carbonyl (C=O) groups excluding carboxylic acids is 1. The number of ether oxygens (including phenoxy) is 2. The Balaban J connectivity index is 2.18. The lowest BCUT2D eigenvalue weighted by Gasteiger charge is -2.26. The van der Waals surface area contributed by atoms with Crippen molar-refractivity contribution in [2.24, 2.45) is 5.73 Å². The van der Waals surface area contributed by atoms with Crippen LogP contribution in [0.25, 0.3) is 0 Å². The Morgan fingerprint density at radius 2 is 1.95 bits per heavy atom. The van der Waals surface area contributed by atoms with Crippen LogP contribution in [0.3, 0.4) is 0 Å². The summed E-state index contributed by atoms with van der Waals surface area (Å²) in [7, 11) is 3.26. The van der Waals surface area contributed by atoms with Gasteiger partial charge >= 0.3 is 0 Å². The number of benzene rings is 1. The number of carbonyl (C=O) groups is 1.